The molecule has 1 rings (SSSR count). The zero-order valence-corrected chi connectivity index (χ0v) is 10.2. The smallest absolute Gasteiger partial charge is 0.307 e. The summed E-state index contributed by atoms with van der Waals surface area (Å²) in [5, 5.41) is 3.09. The monoisotopic (exact) mass is 235 g/mol. The van der Waals surface area contributed by atoms with Gasteiger partial charge in [-0.3, -0.25) is 9.59 Å². The fraction of sp³-hybridized carbons (Fsp3) is 0.385. The molecule has 0 atom stereocenters. The molecule has 1 N–H and O–H groups in total. The Bertz CT molecular complexity index is 384. The highest BCUT2D eigenvalue weighted by atomic mass is 16.5. The minimum absolute atomic E-state index is 0.0445. The molecule has 0 saturated carbocycles. The van der Waals surface area contributed by atoms with E-state index in [-0.39, 0.29) is 11.8 Å². The first kappa shape index (κ1) is 13.2. The molecule has 0 radical (unpaired) electrons. The van der Waals surface area contributed by atoms with Gasteiger partial charge in [0, 0.05) is 17.8 Å². The molecule has 0 aliphatic heterocycles. The number of ether oxygens (including phenoxy) is 1. The van der Waals surface area contributed by atoms with E-state index in [0.29, 0.717) is 25.1 Å². The van der Waals surface area contributed by atoms with Crippen LogP contribution in [0.15, 0.2) is 24.3 Å². The molecule has 0 unspecified atom stereocenters. The fourth-order valence-corrected chi connectivity index (χ4v) is 1.36. The van der Waals surface area contributed by atoms with Gasteiger partial charge in [-0.25, -0.2) is 0 Å². The molecular formula is C13H17NO3. The molecule has 17 heavy (non-hydrogen) atoms. The Morgan fingerprint density at radius 1 is 1.24 bits per heavy atom. The highest BCUT2D eigenvalue weighted by Gasteiger charge is 2.01. The number of anilines is 1. The average Bonchev–Trinajstić information content (AvgIpc) is 2.30. The van der Waals surface area contributed by atoms with Crippen molar-refractivity contribution in [3.05, 3.63) is 29.8 Å². The van der Waals surface area contributed by atoms with Gasteiger partial charge in [0.2, 0.25) is 0 Å². The summed E-state index contributed by atoms with van der Waals surface area (Å²) in [6.45, 7) is 4.25. The SMILES string of the molecule is CCOC(=O)CCNc1ccc(C(C)=O)cc1. The van der Waals surface area contributed by atoms with E-state index in [1.165, 1.54) is 6.92 Å². The number of carbonyl (C=O) groups is 2. The number of rotatable bonds is 6. The normalized spacial score (nSPS) is 9.76. The van der Waals surface area contributed by atoms with Crippen LogP contribution in [0.25, 0.3) is 0 Å². The van der Waals surface area contributed by atoms with Crippen molar-refractivity contribution in [2.24, 2.45) is 0 Å². The van der Waals surface area contributed by atoms with E-state index < -0.39 is 0 Å². The van der Waals surface area contributed by atoms with Gasteiger partial charge in [0.25, 0.3) is 0 Å². The average molecular weight is 235 g/mol. The van der Waals surface area contributed by atoms with Crippen LogP contribution in [0.4, 0.5) is 5.69 Å². The zero-order chi connectivity index (χ0) is 12.7. The third-order valence-electron chi connectivity index (χ3n) is 2.25. The third kappa shape index (κ3) is 4.68. The van der Waals surface area contributed by atoms with Gasteiger partial charge in [-0.15, -0.1) is 0 Å². The number of hydrogen-bond acceptors (Lipinski definition) is 4. The van der Waals surface area contributed by atoms with Gasteiger partial charge in [0.05, 0.1) is 13.0 Å². The summed E-state index contributed by atoms with van der Waals surface area (Å²) in [5.74, 6) is -0.163. The van der Waals surface area contributed by atoms with Crippen molar-refractivity contribution < 1.29 is 14.3 Å². The molecule has 1 aromatic carbocycles. The van der Waals surface area contributed by atoms with Gasteiger partial charge < -0.3 is 10.1 Å². The number of carbonyl (C=O) groups excluding carboxylic acids is 2. The molecule has 0 amide bonds. The zero-order valence-electron chi connectivity index (χ0n) is 10.2. The highest BCUT2D eigenvalue weighted by Crippen LogP contribution is 2.09. The summed E-state index contributed by atoms with van der Waals surface area (Å²) in [6.07, 6.45) is 0.336. The van der Waals surface area contributed by atoms with Crippen LogP contribution in [0, 0.1) is 0 Å². The summed E-state index contributed by atoms with van der Waals surface area (Å²) in [6, 6.07) is 7.16. The van der Waals surface area contributed by atoms with E-state index in [1.807, 2.05) is 12.1 Å². The van der Waals surface area contributed by atoms with Crippen molar-refractivity contribution in [1.29, 1.82) is 0 Å². The van der Waals surface area contributed by atoms with Crippen molar-refractivity contribution >= 4 is 17.4 Å². The summed E-state index contributed by atoms with van der Waals surface area (Å²) in [7, 11) is 0. The maximum Gasteiger partial charge on any atom is 0.307 e. The van der Waals surface area contributed by atoms with E-state index in [9.17, 15) is 9.59 Å². The summed E-state index contributed by atoms with van der Waals surface area (Å²) < 4.78 is 4.81. The Morgan fingerprint density at radius 2 is 1.88 bits per heavy atom. The maximum atomic E-state index is 11.1. The topological polar surface area (TPSA) is 55.4 Å². The molecule has 0 bridgehead atoms. The van der Waals surface area contributed by atoms with E-state index in [2.05, 4.69) is 5.32 Å². The predicted octanol–water partition coefficient (Wildman–Crippen LogP) is 2.25. The Kier molecular flexibility index (Phi) is 5.20. The quantitative estimate of drug-likeness (QED) is 0.607. The van der Waals surface area contributed by atoms with E-state index in [0.717, 1.165) is 5.69 Å². The second-order valence-electron chi connectivity index (χ2n) is 3.62. The first-order valence-electron chi connectivity index (χ1n) is 5.64. The van der Waals surface area contributed by atoms with Crippen LogP contribution in [0.1, 0.15) is 30.6 Å². The lowest BCUT2D eigenvalue weighted by Gasteiger charge is -2.06. The van der Waals surface area contributed by atoms with Gasteiger partial charge in [-0.05, 0) is 38.1 Å². The molecule has 1 aromatic rings. The van der Waals surface area contributed by atoms with Crippen LogP contribution in [0.3, 0.4) is 0 Å². The first-order chi connectivity index (χ1) is 8.13. The maximum absolute atomic E-state index is 11.1. The Morgan fingerprint density at radius 3 is 2.41 bits per heavy atom. The van der Waals surface area contributed by atoms with Gasteiger partial charge in [-0.1, -0.05) is 0 Å². The van der Waals surface area contributed by atoms with Crippen LogP contribution < -0.4 is 5.32 Å². The summed E-state index contributed by atoms with van der Waals surface area (Å²) >= 11 is 0. The molecule has 0 fully saturated rings. The lowest BCUT2D eigenvalue weighted by atomic mass is 10.1. The Hall–Kier alpha value is -1.84. The Balaban J connectivity index is 2.37. The molecule has 0 heterocycles. The summed E-state index contributed by atoms with van der Waals surface area (Å²) in [5.41, 5.74) is 1.57. The number of Topliss-reactive ketones (excluding diaryl/α,β-unsaturated/α-hetero) is 1. The third-order valence-corrected chi connectivity index (χ3v) is 2.25. The van der Waals surface area contributed by atoms with Gasteiger partial charge in [0.1, 0.15) is 0 Å². The molecular weight excluding hydrogens is 218 g/mol. The lowest BCUT2D eigenvalue weighted by Crippen LogP contribution is -2.11. The second kappa shape index (κ2) is 6.68. The number of benzene rings is 1. The van der Waals surface area contributed by atoms with Gasteiger partial charge in [0.15, 0.2) is 5.78 Å². The molecule has 0 aromatic heterocycles. The minimum atomic E-state index is -0.208. The van der Waals surface area contributed by atoms with E-state index >= 15 is 0 Å². The van der Waals surface area contributed by atoms with Crippen molar-refractivity contribution in [3.63, 3.8) is 0 Å². The lowest BCUT2D eigenvalue weighted by molar-refractivity contribution is -0.142. The van der Waals surface area contributed by atoms with Crippen molar-refractivity contribution in [1.82, 2.24) is 0 Å². The Labute approximate surface area is 101 Å². The van der Waals surface area contributed by atoms with Crippen LogP contribution in [0.5, 0.6) is 0 Å². The number of ketones is 1. The van der Waals surface area contributed by atoms with Gasteiger partial charge in [-0.2, -0.15) is 0 Å². The number of hydrogen-bond donors (Lipinski definition) is 1. The standard InChI is InChI=1S/C13H17NO3/c1-3-17-13(16)8-9-14-12-6-4-11(5-7-12)10(2)15/h4-7,14H,3,8-9H2,1-2H3. The second-order valence-corrected chi connectivity index (χ2v) is 3.62. The van der Waals surface area contributed by atoms with Crippen molar-refractivity contribution in [2.45, 2.75) is 20.3 Å². The highest BCUT2D eigenvalue weighted by molar-refractivity contribution is 5.94. The molecule has 0 aliphatic rings. The number of nitrogens with one attached hydrogen (secondary N) is 1. The molecule has 92 valence electrons. The van der Waals surface area contributed by atoms with Crippen LogP contribution >= 0.6 is 0 Å². The van der Waals surface area contributed by atoms with Gasteiger partial charge >= 0.3 is 5.97 Å². The first-order valence-corrected chi connectivity index (χ1v) is 5.64. The van der Waals surface area contributed by atoms with Crippen molar-refractivity contribution in [2.75, 3.05) is 18.5 Å². The molecule has 0 aliphatic carbocycles. The van der Waals surface area contributed by atoms with E-state index in [1.54, 1.807) is 19.1 Å². The minimum Gasteiger partial charge on any atom is -0.466 e. The number of esters is 1. The molecule has 0 spiro atoms. The summed E-state index contributed by atoms with van der Waals surface area (Å²) in [4.78, 5) is 22.1. The fourth-order valence-electron chi connectivity index (χ4n) is 1.36. The van der Waals surface area contributed by atoms with Crippen LogP contribution in [0.2, 0.25) is 0 Å². The van der Waals surface area contributed by atoms with Crippen LogP contribution in [-0.2, 0) is 9.53 Å². The predicted molar refractivity (Wildman–Crippen MR) is 66.2 cm³/mol. The van der Waals surface area contributed by atoms with Crippen LogP contribution in [-0.4, -0.2) is 24.9 Å². The molecule has 4 heteroatoms. The largest absolute Gasteiger partial charge is 0.466 e. The molecule has 0 saturated heterocycles. The van der Waals surface area contributed by atoms with E-state index in [4.69, 9.17) is 4.74 Å². The van der Waals surface area contributed by atoms with Crippen molar-refractivity contribution in [3.8, 4) is 0 Å². The molecule has 4 nitrogen and oxygen atoms in total.